The maximum Gasteiger partial charge on any atom is 0.426 e. The predicted molar refractivity (Wildman–Crippen MR) is 135 cm³/mol. The molecular formula is C28H27F5N2O3. The molecule has 0 heterocycles. The topological polar surface area (TPSA) is 87.6 Å². The van der Waals surface area contributed by atoms with Crippen LogP contribution in [0, 0.1) is 0 Å². The van der Waals surface area contributed by atoms with E-state index in [1.54, 1.807) is 12.1 Å². The van der Waals surface area contributed by atoms with Gasteiger partial charge in [-0.25, -0.2) is 4.79 Å². The van der Waals surface area contributed by atoms with Crippen molar-refractivity contribution in [3.63, 3.8) is 0 Å². The summed E-state index contributed by atoms with van der Waals surface area (Å²) in [6, 6.07) is 15.4. The molecule has 3 aromatic carbocycles. The van der Waals surface area contributed by atoms with E-state index in [2.05, 4.69) is 0 Å². The van der Waals surface area contributed by atoms with Crippen molar-refractivity contribution in [2.75, 3.05) is 18.1 Å². The maximum absolute atomic E-state index is 14.5. The average molecular weight is 535 g/mol. The van der Waals surface area contributed by atoms with Crippen LogP contribution in [0.25, 0.3) is 6.08 Å². The van der Waals surface area contributed by atoms with E-state index in [0.29, 0.717) is 35.3 Å². The molecule has 0 aliphatic carbocycles. The molecule has 0 amide bonds. The second-order valence-electron chi connectivity index (χ2n) is 8.56. The zero-order chi connectivity index (χ0) is 27.8. The standard InChI is InChI=1S/C28H27F5N2O3/c29-27(30,31)16-15-20-3-9-22(10-4-20)28(32,33)38-24-12-5-19(6-13-24)7-14-26(36)37-17-1-2-21-8-11-23(34)18-25(21)35/h3-14,18H,1-2,15-17,34-35H2/b14-7+. The number of rotatable bonds is 11. The zero-order valence-corrected chi connectivity index (χ0v) is 20.3. The Labute approximate surface area is 216 Å². The number of anilines is 2. The number of alkyl halides is 5. The summed E-state index contributed by atoms with van der Waals surface area (Å²) in [5, 5.41) is 0. The lowest BCUT2D eigenvalue weighted by atomic mass is 10.1. The minimum absolute atomic E-state index is 0.127. The van der Waals surface area contributed by atoms with Gasteiger partial charge in [-0.1, -0.05) is 30.3 Å². The van der Waals surface area contributed by atoms with Crippen molar-refractivity contribution in [1.29, 1.82) is 0 Å². The lowest BCUT2D eigenvalue weighted by molar-refractivity contribution is -0.185. The van der Waals surface area contributed by atoms with Crippen molar-refractivity contribution < 1.29 is 36.2 Å². The van der Waals surface area contributed by atoms with E-state index in [1.165, 1.54) is 48.6 Å². The third-order valence-corrected chi connectivity index (χ3v) is 5.53. The fraction of sp³-hybridized carbons (Fsp3) is 0.250. The van der Waals surface area contributed by atoms with E-state index in [1.807, 2.05) is 6.07 Å². The number of halogens is 5. The number of nitrogen functional groups attached to an aromatic ring is 2. The Hall–Kier alpha value is -4.08. The van der Waals surface area contributed by atoms with Gasteiger partial charge in [0, 0.05) is 23.9 Å². The summed E-state index contributed by atoms with van der Waals surface area (Å²) in [4.78, 5) is 11.9. The molecule has 0 unspecified atom stereocenters. The van der Waals surface area contributed by atoms with Gasteiger partial charge in [-0.2, -0.15) is 22.0 Å². The van der Waals surface area contributed by atoms with Crippen molar-refractivity contribution in [3.05, 3.63) is 95.1 Å². The summed E-state index contributed by atoms with van der Waals surface area (Å²) < 4.78 is 76.0. The van der Waals surface area contributed by atoms with Gasteiger partial charge in [0.15, 0.2) is 0 Å². The lowest BCUT2D eigenvalue weighted by Crippen LogP contribution is -2.21. The molecule has 3 rings (SSSR count). The van der Waals surface area contributed by atoms with Gasteiger partial charge in [0.2, 0.25) is 0 Å². The van der Waals surface area contributed by atoms with Crippen molar-refractivity contribution >= 4 is 23.4 Å². The summed E-state index contributed by atoms with van der Waals surface area (Å²) >= 11 is 0. The highest BCUT2D eigenvalue weighted by Gasteiger charge is 2.34. The van der Waals surface area contributed by atoms with Crippen LogP contribution in [-0.4, -0.2) is 18.8 Å². The van der Waals surface area contributed by atoms with Gasteiger partial charge in [-0.15, -0.1) is 0 Å². The van der Waals surface area contributed by atoms with Gasteiger partial charge >= 0.3 is 18.3 Å². The van der Waals surface area contributed by atoms with E-state index < -0.39 is 30.2 Å². The molecule has 0 aliphatic rings. The maximum atomic E-state index is 14.5. The Morgan fingerprint density at radius 2 is 1.55 bits per heavy atom. The average Bonchev–Trinajstić information content (AvgIpc) is 2.85. The Balaban J connectivity index is 1.46. The fourth-order valence-electron chi connectivity index (χ4n) is 3.49. The number of ether oxygens (including phenoxy) is 2. The van der Waals surface area contributed by atoms with Gasteiger partial charge < -0.3 is 20.9 Å². The van der Waals surface area contributed by atoms with Crippen molar-refractivity contribution in [3.8, 4) is 5.75 Å². The first-order valence-corrected chi connectivity index (χ1v) is 11.7. The van der Waals surface area contributed by atoms with Gasteiger partial charge in [0.1, 0.15) is 5.75 Å². The van der Waals surface area contributed by atoms with Gasteiger partial charge in [0.05, 0.1) is 12.2 Å². The van der Waals surface area contributed by atoms with Crippen LogP contribution in [0.4, 0.5) is 33.3 Å². The Morgan fingerprint density at radius 3 is 2.18 bits per heavy atom. The quantitative estimate of drug-likeness (QED) is 0.0944. The Bertz CT molecular complexity index is 1240. The van der Waals surface area contributed by atoms with Crippen molar-refractivity contribution in [2.45, 2.75) is 38.0 Å². The number of benzene rings is 3. The first-order valence-electron chi connectivity index (χ1n) is 11.7. The molecule has 5 nitrogen and oxygen atoms in total. The van der Waals surface area contributed by atoms with Gasteiger partial charge in [-0.05, 0) is 78.4 Å². The fourth-order valence-corrected chi connectivity index (χ4v) is 3.49. The smallest absolute Gasteiger partial charge is 0.426 e. The molecule has 0 atom stereocenters. The molecule has 0 saturated carbocycles. The number of hydrogen-bond donors (Lipinski definition) is 2. The van der Waals surface area contributed by atoms with Crippen LogP contribution in [0.2, 0.25) is 0 Å². The molecule has 10 heteroatoms. The van der Waals surface area contributed by atoms with Crippen LogP contribution in [0.3, 0.4) is 0 Å². The number of hydrogen-bond acceptors (Lipinski definition) is 5. The van der Waals surface area contributed by atoms with Crippen LogP contribution >= 0.6 is 0 Å². The molecule has 0 radical (unpaired) electrons. The molecule has 38 heavy (non-hydrogen) atoms. The minimum atomic E-state index is -4.32. The summed E-state index contributed by atoms with van der Waals surface area (Å²) in [5.74, 6) is -0.682. The van der Waals surface area contributed by atoms with Crippen LogP contribution < -0.4 is 16.2 Å². The highest BCUT2D eigenvalue weighted by molar-refractivity contribution is 5.87. The second-order valence-corrected chi connectivity index (χ2v) is 8.56. The third-order valence-electron chi connectivity index (χ3n) is 5.53. The van der Waals surface area contributed by atoms with Crippen LogP contribution in [0.5, 0.6) is 5.75 Å². The number of aryl methyl sites for hydroxylation is 2. The highest BCUT2D eigenvalue weighted by Crippen LogP contribution is 2.32. The Morgan fingerprint density at radius 1 is 0.868 bits per heavy atom. The summed E-state index contributed by atoms with van der Waals surface area (Å²) in [6.07, 6.45) is -5.44. The molecule has 3 aromatic rings. The van der Waals surface area contributed by atoms with Crippen LogP contribution in [0.15, 0.2) is 72.8 Å². The van der Waals surface area contributed by atoms with E-state index in [4.69, 9.17) is 20.9 Å². The molecule has 202 valence electrons. The molecule has 0 spiro atoms. The van der Waals surface area contributed by atoms with Gasteiger partial charge in [0.25, 0.3) is 0 Å². The Kier molecular flexibility index (Phi) is 9.33. The SMILES string of the molecule is Nc1ccc(CCCOC(=O)/C=C/c2ccc(OC(F)(F)c3ccc(CCC(F)(F)F)cc3)cc2)c(N)c1. The minimum Gasteiger partial charge on any atom is -0.463 e. The first-order chi connectivity index (χ1) is 17.9. The highest BCUT2D eigenvalue weighted by atomic mass is 19.4. The normalized spacial score (nSPS) is 12.0. The largest absolute Gasteiger partial charge is 0.463 e. The molecule has 0 fully saturated rings. The third kappa shape index (κ3) is 9.10. The molecular weight excluding hydrogens is 507 g/mol. The molecule has 0 bridgehead atoms. The first kappa shape index (κ1) is 28.5. The number of carbonyl (C=O) groups excluding carboxylic acids is 1. The van der Waals surface area contributed by atoms with E-state index >= 15 is 0 Å². The number of esters is 1. The zero-order valence-electron chi connectivity index (χ0n) is 20.3. The van der Waals surface area contributed by atoms with E-state index in [9.17, 15) is 26.7 Å². The summed E-state index contributed by atoms with van der Waals surface area (Å²) in [6.45, 7) is 0.193. The van der Waals surface area contributed by atoms with Crippen LogP contribution in [-0.2, 0) is 28.5 Å². The molecule has 0 saturated heterocycles. The summed E-state index contributed by atoms with van der Waals surface area (Å²) in [7, 11) is 0. The number of carbonyl (C=O) groups is 1. The second kappa shape index (κ2) is 12.4. The monoisotopic (exact) mass is 534 g/mol. The van der Waals surface area contributed by atoms with Crippen molar-refractivity contribution in [2.24, 2.45) is 0 Å². The molecule has 0 aliphatic heterocycles. The predicted octanol–water partition coefficient (Wildman–Crippen LogP) is 6.66. The molecule has 4 N–H and O–H groups in total. The van der Waals surface area contributed by atoms with Crippen molar-refractivity contribution in [1.82, 2.24) is 0 Å². The van der Waals surface area contributed by atoms with Gasteiger partial charge in [-0.3, -0.25) is 0 Å². The number of nitrogens with two attached hydrogens (primary N) is 2. The summed E-state index contributed by atoms with van der Waals surface area (Å²) in [5.41, 5.74) is 14.0. The van der Waals surface area contributed by atoms with Crippen LogP contribution in [0.1, 0.15) is 35.1 Å². The molecule has 0 aromatic heterocycles. The lowest BCUT2D eigenvalue weighted by Gasteiger charge is -2.18. The van der Waals surface area contributed by atoms with E-state index in [-0.39, 0.29) is 18.8 Å². The van der Waals surface area contributed by atoms with E-state index in [0.717, 1.165) is 17.7 Å².